The van der Waals surface area contributed by atoms with Crippen molar-refractivity contribution in [1.29, 1.82) is 0 Å². The first-order valence-corrected chi connectivity index (χ1v) is 11.3. The third kappa shape index (κ3) is 4.65. The summed E-state index contributed by atoms with van der Waals surface area (Å²) in [6.45, 7) is 1.68. The van der Waals surface area contributed by atoms with E-state index in [-0.39, 0.29) is 17.9 Å². The first-order valence-electron chi connectivity index (χ1n) is 9.31. The Labute approximate surface area is 196 Å². The summed E-state index contributed by atoms with van der Waals surface area (Å²) in [5.41, 5.74) is 2.25. The lowest BCUT2D eigenvalue weighted by atomic mass is 10.2. The minimum Gasteiger partial charge on any atom is -0.466 e. The van der Waals surface area contributed by atoms with Crippen molar-refractivity contribution in [3.63, 3.8) is 0 Å². The fourth-order valence-corrected chi connectivity index (χ4v) is 4.25. The van der Waals surface area contributed by atoms with Gasteiger partial charge in [0.1, 0.15) is 5.75 Å². The van der Waals surface area contributed by atoms with Gasteiger partial charge in [0.05, 0.1) is 15.6 Å². The Morgan fingerprint density at radius 2 is 1.94 bits per heavy atom. The summed E-state index contributed by atoms with van der Waals surface area (Å²) in [6.07, 6.45) is 0.864. The Hall–Kier alpha value is -2.32. The van der Waals surface area contributed by atoms with Gasteiger partial charge in [-0.15, -0.1) is 0 Å². The lowest BCUT2D eigenvalue weighted by molar-refractivity contribution is -0.123. The average molecular weight is 497 g/mol. The highest BCUT2D eigenvalue weighted by atomic mass is 35.6. The Balaban J connectivity index is 1.61. The third-order valence-corrected chi connectivity index (χ3v) is 6.05. The quantitative estimate of drug-likeness (QED) is 0.334. The summed E-state index contributed by atoms with van der Waals surface area (Å²) in [7, 11) is 0. The number of para-hydroxylation sites is 2. The van der Waals surface area contributed by atoms with Crippen LogP contribution in [-0.2, 0) is 4.79 Å². The van der Waals surface area contributed by atoms with Crippen LogP contribution in [0.2, 0.25) is 0 Å². The molecule has 0 bridgehead atoms. The standard InChI is InChI=1S/C21H16Cl3N3O3S/c1-2-17(28)26-19(21(22,23)24)30-13-9-7-12(8-10-13)11-16-18(29)27-15-6-4-3-5-14(15)25-20(27)31-16/h3-11,19H,2H2,1H3,(H,26,28)/b16-11-. The Morgan fingerprint density at radius 1 is 1.23 bits per heavy atom. The normalized spacial score (nSPS) is 13.6. The van der Waals surface area contributed by atoms with Crippen LogP contribution in [-0.4, -0.2) is 25.3 Å². The number of nitrogens with zero attached hydrogens (tertiary/aromatic N) is 2. The fourth-order valence-electron chi connectivity index (χ4n) is 2.97. The van der Waals surface area contributed by atoms with Crippen LogP contribution in [0, 0.1) is 0 Å². The number of amides is 1. The number of alkyl halides is 3. The van der Waals surface area contributed by atoms with Crippen LogP contribution in [0.3, 0.4) is 0 Å². The molecule has 0 radical (unpaired) electrons. The van der Waals surface area contributed by atoms with E-state index in [0.717, 1.165) is 16.6 Å². The second kappa shape index (κ2) is 8.67. The fraction of sp³-hybridized carbons (Fsp3) is 0.190. The zero-order valence-corrected chi connectivity index (χ0v) is 19.2. The number of ether oxygens (including phenoxy) is 1. The number of rotatable bonds is 5. The Morgan fingerprint density at radius 3 is 2.61 bits per heavy atom. The molecule has 0 spiro atoms. The molecular weight excluding hydrogens is 481 g/mol. The Bertz CT molecular complexity index is 1360. The predicted molar refractivity (Wildman–Crippen MR) is 125 cm³/mol. The van der Waals surface area contributed by atoms with Gasteiger partial charge in [0, 0.05) is 6.42 Å². The van der Waals surface area contributed by atoms with E-state index >= 15 is 0 Å². The van der Waals surface area contributed by atoms with E-state index in [0.29, 0.717) is 15.2 Å². The van der Waals surface area contributed by atoms with Gasteiger partial charge in [-0.1, -0.05) is 77.3 Å². The molecule has 0 aliphatic rings. The molecule has 10 heteroatoms. The van der Waals surface area contributed by atoms with E-state index in [9.17, 15) is 9.59 Å². The van der Waals surface area contributed by atoms with Crippen molar-refractivity contribution >= 4 is 74.1 Å². The molecule has 0 fully saturated rings. The van der Waals surface area contributed by atoms with Crippen molar-refractivity contribution in [1.82, 2.24) is 14.7 Å². The molecule has 1 amide bonds. The summed E-state index contributed by atoms with van der Waals surface area (Å²) < 4.78 is 5.99. The number of aromatic nitrogens is 2. The van der Waals surface area contributed by atoms with E-state index in [4.69, 9.17) is 39.5 Å². The molecule has 1 atom stereocenters. The minimum absolute atomic E-state index is 0.118. The molecule has 2 heterocycles. The second-order valence-electron chi connectivity index (χ2n) is 6.66. The van der Waals surface area contributed by atoms with Crippen molar-refractivity contribution < 1.29 is 9.53 Å². The van der Waals surface area contributed by atoms with Crippen LogP contribution in [0.15, 0.2) is 53.3 Å². The van der Waals surface area contributed by atoms with Crippen LogP contribution in [0.1, 0.15) is 18.9 Å². The maximum Gasteiger partial charge on any atom is 0.274 e. The van der Waals surface area contributed by atoms with Crippen molar-refractivity contribution in [3.8, 4) is 5.75 Å². The third-order valence-electron chi connectivity index (χ3n) is 4.49. The molecule has 1 N–H and O–H groups in total. The van der Waals surface area contributed by atoms with Crippen LogP contribution in [0.4, 0.5) is 0 Å². The van der Waals surface area contributed by atoms with E-state index in [1.54, 1.807) is 41.7 Å². The number of nitrogens with one attached hydrogen (secondary N) is 1. The molecular formula is C21H16Cl3N3O3S. The van der Waals surface area contributed by atoms with Gasteiger partial charge in [-0.25, -0.2) is 9.38 Å². The molecule has 0 saturated carbocycles. The number of imidazole rings is 1. The second-order valence-corrected chi connectivity index (χ2v) is 10.0. The number of fused-ring (bicyclic) bond motifs is 3. The number of hydrogen-bond acceptors (Lipinski definition) is 5. The molecule has 1 unspecified atom stereocenters. The van der Waals surface area contributed by atoms with Crippen LogP contribution in [0.25, 0.3) is 22.1 Å². The lowest BCUT2D eigenvalue weighted by Gasteiger charge is -2.26. The molecule has 0 aliphatic heterocycles. The summed E-state index contributed by atoms with van der Waals surface area (Å²) in [6, 6.07) is 14.4. The maximum atomic E-state index is 12.9. The number of hydrogen-bond donors (Lipinski definition) is 1. The van der Waals surface area contributed by atoms with Gasteiger partial charge in [0.15, 0.2) is 4.96 Å². The molecule has 2 aromatic carbocycles. The highest BCUT2D eigenvalue weighted by molar-refractivity contribution is 7.15. The number of halogens is 3. The number of carbonyl (C=O) groups excluding carboxylic acids is 1. The maximum absolute atomic E-state index is 12.9. The molecule has 0 saturated heterocycles. The van der Waals surface area contributed by atoms with Crippen LogP contribution >= 0.6 is 46.1 Å². The van der Waals surface area contributed by atoms with Gasteiger partial charge in [-0.05, 0) is 35.9 Å². The molecule has 0 aliphatic carbocycles. The monoisotopic (exact) mass is 495 g/mol. The molecule has 4 aromatic rings. The van der Waals surface area contributed by atoms with E-state index < -0.39 is 10.0 Å². The minimum atomic E-state index is -1.85. The summed E-state index contributed by atoms with van der Waals surface area (Å²) in [4.78, 5) is 29.7. The van der Waals surface area contributed by atoms with Gasteiger partial charge >= 0.3 is 0 Å². The average Bonchev–Trinajstić information content (AvgIpc) is 3.24. The first-order chi connectivity index (χ1) is 14.8. The summed E-state index contributed by atoms with van der Waals surface area (Å²) >= 11 is 19.1. The molecule has 160 valence electrons. The van der Waals surface area contributed by atoms with E-state index in [2.05, 4.69) is 10.3 Å². The SMILES string of the molecule is CCC(=O)NC(Oc1ccc(/C=c2\sc3nc4ccccc4n3c2=O)cc1)C(Cl)(Cl)Cl. The summed E-state index contributed by atoms with van der Waals surface area (Å²) in [5, 5.41) is 2.53. The first kappa shape index (κ1) is 21.9. The largest absolute Gasteiger partial charge is 0.466 e. The van der Waals surface area contributed by atoms with Crippen molar-refractivity contribution in [2.24, 2.45) is 0 Å². The smallest absolute Gasteiger partial charge is 0.274 e. The van der Waals surface area contributed by atoms with Gasteiger partial charge in [0.2, 0.25) is 15.9 Å². The highest BCUT2D eigenvalue weighted by Gasteiger charge is 2.35. The van der Waals surface area contributed by atoms with E-state index in [1.807, 2.05) is 24.3 Å². The Kier molecular flexibility index (Phi) is 6.12. The van der Waals surface area contributed by atoms with Gasteiger partial charge in [-0.2, -0.15) is 0 Å². The van der Waals surface area contributed by atoms with Gasteiger partial charge in [-0.3, -0.25) is 9.59 Å². The lowest BCUT2D eigenvalue weighted by Crippen LogP contribution is -2.47. The van der Waals surface area contributed by atoms with Crippen LogP contribution in [0.5, 0.6) is 5.75 Å². The van der Waals surface area contributed by atoms with Crippen molar-refractivity contribution in [2.75, 3.05) is 0 Å². The summed E-state index contributed by atoms with van der Waals surface area (Å²) in [5.74, 6) is 0.0960. The van der Waals surface area contributed by atoms with Gasteiger partial charge in [0.25, 0.3) is 5.56 Å². The van der Waals surface area contributed by atoms with E-state index in [1.165, 1.54) is 11.3 Å². The van der Waals surface area contributed by atoms with Crippen molar-refractivity contribution in [3.05, 3.63) is 69.0 Å². The topological polar surface area (TPSA) is 72.7 Å². The predicted octanol–water partition coefficient (Wildman–Crippen LogP) is 4.06. The zero-order valence-electron chi connectivity index (χ0n) is 16.1. The highest BCUT2D eigenvalue weighted by Crippen LogP contribution is 2.32. The number of carbonyl (C=O) groups is 1. The molecule has 31 heavy (non-hydrogen) atoms. The molecule has 6 nitrogen and oxygen atoms in total. The molecule has 4 rings (SSSR count). The number of benzene rings is 2. The van der Waals surface area contributed by atoms with Gasteiger partial charge < -0.3 is 10.1 Å². The van der Waals surface area contributed by atoms with Crippen LogP contribution < -0.4 is 20.1 Å². The zero-order chi connectivity index (χ0) is 22.2. The number of thiazole rings is 1. The van der Waals surface area contributed by atoms with Crippen molar-refractivity contribution in [2.45, 2.75) is 23.4 Å². The molecule has 2 aromatic heterocycles.